The van der Waals surface area contributed by atoms with Gasteiger partial charge in [0.1, 0.15) is 0 Å². The van der Waals surface area contributed by atoms with Crippen molar-refractivity contribution >= 4 is 35.9 Å². The summed E-state index contributed by atoms with van der Waals surface area (Å²) in [7, 11) is 0. The molecule has 0 aliphatic carbocycles. The van der Waals surface area contributed by atoms with Crippen molar-refractivity contribution in [2.75, 3.05) is 0 Å². The number of hydrogen-bond acceptors (Lipinski definition) is 2. The molecule has 0 atom stereocenters. The van der Waals surface area contributed by atoms with Crippen molar-refractivity contribution in [1.29, 1.82) is 0 Å². The lowest BCUT2D eigenvalue weighted by Gasteiger charge is -1.95. The van der Waals surface area contributed by atoms with Gasteiger partial charge in [-0.1, -0.05) is 12.1 Å². The third kappa shape index (κ3) is 1.71. The van der Waals surface area contributed by atoms with Gasteiger partial charge in [0.15, 0.2) is 0 Å². The number of pyridine rings is 1. The molecule has 0 N–H and O–H groups in total. The maximum atomic E-state index is 4.22. The fraction of sp³-hybridized carbons (Fsp3) is 0. The summed E-state index contributed by atoms with van der Waals surface area (Å²) in [5, 5.41) is 1.16. The van der Waals surface area contributed by atoms with Crippen LogP contribution in [0.25, 0.3) is 10.9 Å². The Kier molecular flexibility index (Phi) is 2.95. The van der Waals surface area contributed by atoms with Crippen LogP contribution in [-0.4, -0.2) is 4.98 Å². The summed E-state index contributed by atoms with van der Waals surface area (Å²) in [6, 6.07) is 9.91. The molecule has 0 radical (unpaired) electrons. The Morgan fingerprint density at radius 2 is 2.00 bits per heavy atom. The fourth-order valence-corrected chi connectivity index (χ4v) is 1.25. The maximum Gasteiger partial charge on any atom is 0.0712 e. The smallest absolute Gasteiger partial charge is 0.0712 e. The summed E-state index contributed by atoms with van der Waals surface area (Å²) in [4.78, 5) is 5.15. The predicted octanol–water partition coefficient (Wildman–Crippen LogP) is 2.95. The van der Waals surface area contributed by atoms with E-state index in [1.807, 2.05) is 30.3 Å². The molecule has 0 bridgehead atoms. The number of halogens is 1. The number of thiol groups is 1. The number of nitrogens with zero attached hydrogens (tertiary/aromatic N) is 1. The Hall–Kier alpha value is -0.730. The molecule has 0 spiro atoms. The number of rotatable bonds is 0. The molecule has 0 amide bonds. The molecule has 1 heterocycles. The van der Waals surface area contributed by atoms with Crippen LogP contribution in [0, 0.1) is 0 Å². The minimum Gasteiger partial charge on any atom is -0.256 e. The summed E-state index contributed by atoms with van der Waals surface area (Å²) < 4.78 is 0. The maximum absolute atomic E-state index is 4.22. The molecule has 1 aromatic heterocycles. The molecule has 0 fully saturated rings. The average Bonchev–Trinajstić information content (AvgIpc) is 2.04. The highest BCUT2D eigenvalue weighted by Gasteiger charge is 1.91. The van der Waals surface area contributed by atoms with Crippen LogP contribution < -0.4 is 0 Å². The van der Waals surface area contributed by atoms with Gasteiger partial charge in [0.05, 0.1) is 5.52 Å². The van der Waals surface area contributed by atoms with E-state index in [0.717, 1.165) is 15.8 Å². The summed E-state index contributed by atoms with van der Waals surface area (Å²) >= 11 is 4.22. The number of benzene rings is 1. The molecule has 0 aliphatic rings. The van der Waals surface area contributed by atoms with Crippen LogP contribution in [0.4, 0.5) is 0 Å². The second-order valence-electron chi connectivity index (χ2n) is 2.38. The van der Waals surface area contributed by atoms with Gasteiger partial charge < -0.3 is 0 Å². The third-order valence-corrected chi connectivity index (χ3v) is 1.87. The zero-order chi connectivity index (χ0) is 7.68. The topological polar surface area (TPSA) is 12.9 Å². The molecule has 0 saturated carbocycles. The van der Waals surface area contributed by atoms with Gasteiger partial charge in [-0.2, -0.15) is 0 Å². The van der Waals surface area contributed by atoms with E-state index in [1.54, 1.807) is 6.20 Å². The molecule has 0 saturated heterocycles. The van der Waals surface area contributed by atoms with Crippen LogP contribution in [0.3, 0.4) is 0 Å². The first-order valence-electron chi connectivity index (χ1n) is 3.40. The lowest BCUT2D eigenvalue weighted by molar-refractivity contribution is 1.38. The van der Waals surface area contributed by atoms with Crippen LogP contribution in [0.5, 0.6) is 0 Å². The minimum absolute atomic E-state index is 0. The van der Waals surface area contributed by atoms with Crippen molar-refractivity contribution in [1.82, 2.24) is 4.98 Å². The monoisotopic (exact) mass is 197 g/mol. The van der Waals surface area contributed by atoms with E-state index in [-0.39, 0.29) is 12.4 Å². The Balaban J connectivity index is 0.000000720. The van der Waals surface area contributed by atoms with Gasteiger partial charge >= 0.3 is 0 Å². The predicted molar refractivity (Wildman–Crippen MR) is 56.2 cm³/mol. The van der Waals surface area contributed by atoms with Gasteiger partial charge in [0.25, 0.3) is 0 Å². The zero-order valence-corrected chi connectivity index (χ0v) is 7.98. The van der Waals surface area contributed by atoms with Crippen molar-refractivity contribution in [2.24, 2.45) is 0 Å². The summed E-state index contributed by atoms with van der Waals surface area (Å²) in [5.74, 6) is 0. The van der Waals surface area contributed by atoms with E-state index in [0.29, 0.717) is 0 Å². The van der Waals surface area contributed by atoms with E-state index in [1.165, 1.54) is 0 Å². The second-order valence-corrected chi connectivity index (χ2v) is 2.90. The van der Waals surface area contributed by atoms with E-state index in [2.05, 4.69) is 17.6 Å². The number of aromatic nitrogens is 1. The molecule has 0 aliphatic heterocycles. The van der Waals surface area contributed by atoms with Crippen LogP contribution in [-0.2, 0) is 0 Å². The van der Waals surface area contributed by atoms with Crippen molar-refractivity contribution < 1.29 is 0 Å². The quantitative estimate of drug-likeness (QED) is 0.641. The molecule has 1 aromatic carbocycles. The number of fused-ring (bicyclic) bond motifs is 1. The van der Waals surface area contributed by atoms with Crippen LogP contribution in [0.2, 0.25) is 0 Å². The average molecular weight is 198 g/mol. The number of hydrogen-bond donors (Lipinski definition) is 1. The third-order valence-electron chi connectivity index (χ3n) is 1.59. The van der Waals surface area contributed by atoms with Crippen LogP contribution in [0.1, 0.15) is 0 Å². The van der Waals surface area contributed by atoms with Gasteiger partial charge in [-0.05, 0) is 18.2 Å². The zero-order valence-electron chi connectivity index (χ0n) is 6.27. The van der Waals surface area contributed by atoms with Crippen molar-refractivity contribution in [2.45, 2.75) is 4.90 Å². The molecule has 62 valence electrons. The van der Waals surface area contributed by atoms with Crippen LogP contribution >= 0.6 is 25.0 Å². The van der Waals surface area contributed by atoms with Gasteiger partial charge in [-0.3, -0.25) is 4.98 Å². The van der Waals surface area contributed by atoms with E-state index < -0.39 is 0 Å². The Labute approximate surface area is 82.6 Å². The van der Waals surface area contributed by atoms with E-state index in [4.69, 9.17) is 0 Å². The van der Waals surface area contributed by atoms with Crippen molar-refractivity contribution in [3.05, 3.63) is 36.5 Å². The Morgan fingerprint density at radius 1 is 1.17 bits per heavy atom. The van der Waals surface area contributed by atoms with Crippen molar-refractivity contribution in [3.8, 4) is 0 Å². The van der Waals surface area contributed by atoms with E-state index in [9.17, 15) is 0 Å². The lowest BCUT2D eigenvalue weighted by Crippen LogP contribution is -1.75. The molecule has 2 rings (SSSR count). The highest BCUT2D eigenvalue weighted by atomic mass is 35.5. The highest BCUT2D eigenvalue weighted by molar-refractivity contribution is 7.80. The van der Waals surface area contributed by atoms with Crippen molar-refractivity contribution in [3.63, 3.8) is 0 Å². The lowest BCUT2D eigenvalue weighted by atomic mass is 10.2. The highest BCUT2D eigenvalue weighted by Crippen LogP contribution is 2.14. The molecular weight excluding hydrogens is 190 g/mol. The first-order valence-corrected chi connectivity index (χ1v) is 3.85. The molecule has 1 nitrogen and oxygen atoms in total. The fourth-order valence-electron chi connectivity index (χ4n) is 1.05. The van der Waals surface area contributed by atoms with Gasteiger partial charge in [-0.15, -0.1) is 25.0 Å². The molecule has 12 heavy (non-hydrogen) atoms. The van der Waals surface area contributed by atoms with Gasteiger partial charge in [-0.25, -0.2) is 0 Å². The summed E-state index contributed by atoms with van der Waals surface area (Å²) in [6.07, 6.45) is 1.79. The summed E-state index contributed by atoms with van der Waals surface area (Å²) in [5.41, 5.74) is 1.00. The normalized spacial score (nSPS) is 9.42. The van der Waals surface area contributed by atoms with E-state index >= 15 is 0 Å². The van der Waals surface area contributed by atoms with Gasteiger partial charge in [0.2, 0.25) is 0 Å². The second kappa shape index (κ2) is 3.78. The molecule has 0 unspecified atom stereocenters. The first kappa shape index (κ1) is 9.36. The first-order chi connectivity index (χ1) is 5.36. The molecule has 2 aromatic rings. The Bertz CT molecular complexity index is 389. The molecular formula is C9H8ClNS. The minimum atomic E-state index is 0. The molecule has 3 heteroatoms. The SMILES string of the molecule is Cl.Sc1ccc2cccnc2c1. The Morgan fingerprint density at radius 3 is 2.83 bits per heavy atom. The van der Waals surface area contributed by atoms with Gasteiger partial charge in [0, 0.05) is 16.5 Å². The summed E-state index contributed by atoms with van der Waals surface area (Å²) in [6.45, 7) is 0. The largest absolute Gasteiger partial charge is 0.256 e. The van der Waals surface area contributed by atoms with Crippen LogP contribution in [0.15, 0.2) is 41.4 Å². The standard InChI is InChI=1S/C9H7NS.ClH/c11-8-4-3-7-2-1-5-10-9(7)6-8;/h1-6,11H;1H.